The zero-order chi connectivity index (χ0) is 14.7. The largest absolute Gasteiger partial charge is 0.479 e. The van der Waals surface area contributed by atoms with Crippen LogP contribution in [0.5, 0.6) is 5.75 Å². The predicted molar refractivity (Wildman–Crippen MR) is 75.2 cm³/mol. The fourth-order valence-corrected chi connectivity index (χ4v) is 2.08. The summed E-state index contributed by atoms with van der Waals surface area (Å²) in [6.07, 6.45) is 1.55. The summed E-state index contributed by atoms with van der Waals surface area (Å²) in [5.41, 5.74) is 5.90. The molecule has 1 aromatic rings. The molecule has 3 N–H and O–H groups in total. The highest BCUT2D eigenvalue weighted by Crippen LogP contribution is 2.31. The van der Waals surface area contributed by atoms with Gasteiger partial charge in [-0.2, -0.15) is 0 Å². The van der Waals surface area contributed by atoms with Crippen LogP contribution in [0.1, 0.15) is 19.8 Å². The third-order valence-electron chi connectivity index (χ3n) is 3.31. The van der Waals surface area contributed by atoms with Gasteiger partial charge in [0, 0.05) is 12.6 Å². The summed E-state index contributed by atoms with van der Waals surface area (Å²) < 4.78 is 18.3. The van der Waals surface area contributed by atoms with Crippen LogP contribution in [0.3, 0.4) is 0 Å². The minimum atomic E-state index is -0.718. The molecule has 1 aliphatic rings. The van der Waals surface area contributed by atoms with Crippen LogP contribution in [0, 0.1) is 11.7 Å². The lowest BCUT2D eigenvalue weighted by molar-refractivity contribution is -0.127. The average Bonchev–Trinajstić information content (AvgIpc) is 3.23. The van der Waals surface area contributed by atoms with Crippen molar-refractivity contribution in [1.29, 1.82) is 0 Å². The Morgan fingerprint density at radius 3 is 2.90 bits per heavy atom. The summed E-state index contributed by atoms with van der Waals surface area (Å²) in [6.45, 7) is 2.05. The summed E-state index contributed by atoms with van der Waals surface area (Å²) >= 11 is 5.84. The van der Waals surface area contributed by atoms with Gasteiger partial charge in [0.2, 0.25) is 0 Å². The van der Waals surface area contributed by atoms with Gasteiger partial charge in [-0.25, -0.2) is 4.39 Å². The van der Waals surface area contributed by atoms with Gasteiger partial charge in [0.1, 0.15) is 11.6 Å². The summed E-state index contributed by atoms with van der Waals surface area (Å²) in [7, 11) is 0. The Kier molecular flexibility index (Phi) is 4.83. The predicted octanol–water partition coefficient (Wildman–Crippen LogP) is 2.10. The second kappa shape index (κ2) is 6.41. The maximum absolute atomic E-state index is 12.9. The first-order valence-electron chi connectivity index (χ1n) is 6.62. The van der Waals surface area contributed by atoms with Crippen LogP contribution >= 0.6 is 11.6 Å². The molecule has 0 saturated heterocycles. The zero-order valence-electron chi connectivity index (χ0n) is 11.2. The quantitative estimate of drug-likeness (QED) is 0.845. The second-order valence-electron chi connectivity index (χ2n) is 5.08. The van der Waals surface area contributed by atoms with Crippen LogP contribution in [0.2, 0.25) is 5.02 Å². The Hall–Kier alpha value is -1.33. The van der Waals surface area contributed by atoms with Crippen molar-refractivity contribution in [3.63, 3.8) is 0 Å². The van der Waals surface area contributed by atoms with Gasteiger partial charge in [-0.3, -0.25) is 4.79 Å². The standard InChI is InChI=1S/C14H18ClFN2O2/c1-8(14(19)18-7-12(17)9-2-3-9)20-13-5-4-10(16)6-11(13)15/h4-6,8-9,12H,2-3,7,17H2,1H3,(H,18,19). The highest BCUT2D eigenvalue weighted by atomic mass is 35.5. The molecule has 20 heavy (non-hydrogen) atoms. The van der Waals surface area contributed by atoms with Gasteiger partial charge in [0.25, 0.3) is 5.91 Å². The zero-order valence-corrected chi connectivity index (χ0v) is 12.0. The van der Waals surface area contributed by atoms with Gasteiger partial charge in [-0.05, 0) is 43.9 Å². The Morgan fingerprint density at radius 2 is 2.30 bits per heavy atom. The molecule has 1 fully saturated rings. The molecular weight excluding hydrogens is 283 g/mol. The molecule has 4 nitrogen and oxygen atoms in total. The first kappa shape index (κ1) is 15.1. The molecular formula is C14H18ClFN2O2. The van der Waals surface area contributed by atoms with E-state index >= 15 is 0 Å². The molecule has 0 heterocycles. The van der Waals surface area contributed by atoms with E-state index in [0.29, 0.717) is 12.5 Å². The molecule has 2 unspecified atom stereocenters. The van der Waals surface area contributed by atoms with Gasteiger partial charge in [-0.15, -0.1) is 0 Å². The number of amides is 1. The van der Waals surface area contributed by atoms with Crippen molar-refractivity contribution in [2.45, 2.75) is 31.9 Å². The molecule has 1 saturated carbocycles. The monoisotopic (exact) mass is 300 g/mol. The number of ether oxygens (including phenoxy) is 1. The molecule has 1 amide bonds. The van der Waals surface area contributed by atoms with Crippen LogP contribution in [0.15, 0.2) is 18.2 Å². The maximum atomic E-state index is 12.9. The Balaban J connectivity index is 1.83. The molecule has 0 spiro atoms. The lowest BCUT2D eigenvalue weighted by Crippen LogP contribution is -2.43. The van der Waals surface area contributed by atoms with E-state index in [1.807, 2.05) is 0 Å². The molecule has 1 aliphatic carbocycles. The summed E-state index contributed by atoms with van der Waals surface area (Å²) in [6, 6.07) is 3.78. The molecule has 0 bridgehead atoms. The van der Waals surface area contributed by atoms with Gasteiger partial charge < -0.3 is 15.8 Å². The van der Waals surface area contributed by atoms with E-state index in [4.69, 9.17) is 22.1 Å². The van der Waals surface area contributed by atoms with E-state index < -0.39 is 11.9 Å². The van der Waals surface area contributed by atoms with E-state index in [-0.39, 0.29) is 22.7 Å². The lowest BCUT2D eigenvalue weighted by atomic mass is 10.2. The van der Waals surface area contributed by atoms with Crippen LogP contribution in [0.25, 0.3) is 0 Å². The normalized spacial score (nSPS) is 17.4. The van der Waals surface area contributed by atoms with E-state index in [9.17, 15) is 9.18 Å². The molecule has 2 rings (SSSR count). The van der Waals surface area contributed by atoms with E-state index in [1.54, 1.807) is 6.92 Å². The number of nitrogens with one attached hydrogen (secondary N) is 1. The molecule has 0 radical (unpaired) electrons. The van der Waals surface area contributed by atoms with E-state index in [2.05, 4.69) is 5.32 Å². The number of rotatable bonds is 6. The molecule has 0 aromatic heterocycles. The number of carbonyl (C=O) groups excluding carboxylic acids is 1. The topological polar surface area (TPSA) is 64.3 Å². The number of hydrogen-bond acceptors (Lipinski definition) is 3. The third-order valence-corrected chi connectivity index (χ3v) is 3.60. The summed E-state index contributed by atoms with van der Waals surface area (Å²) in [5.74, 6) is 0.0941. The molecule has 2 atom stereocenters. The Labute approximate surface area is 122 Å². The van der Waals surface area contributed by atoms with Gasteiger partial charge in [-0.1, -0.05) is 11.6 Å². The van der Waals surface area contributed by atoms with E-state index in [1.165, 1.54) is 12.1 Å². The highest BCUT2D eigenvalue weighted by Gasteiger charge is 2.29. The van der Waals surface area contributed by atoms with E-state index in [0.717, 1.165) is 18.9 Å². The lowest BCUT2D eigenvalue weighted by Gasteiger charge is -2.17. The SMILES string of the molecule is CC(Oc1ccc(F)cc1Cl)C(=O)NCC(N)C1CC1. The number of nitrogens with two attached hydrogens (primary N) is 1. The molecule has 0 aliphatic heterocycles. The summed E-state index contributed by atoms with van der Waals surface area (Å²) in [5, 5.41) is 2.89. The third kappa shape index (κ3) is 4.08. The van der Waals surface area contributed by atoms with Gasteiger partial charge in [0.15, 0.2) is 6.10 Å². The van der Waals surface area contributed by atoms with Gasteiger partial charge in [0.05, 0.1) is 5.02 Å². The second-order valence-corrected chi connectivity index (χ2v) is 5.49. The van der Waals surface area contributed by atoms with Crippen LogP contribution in [-0.2, 0) is 4.79 Å². The van der Waals surface area contributed by atoms with Crippen molar-refractivity contribution in [2.24, 2.45) is 11.7 Å². The fourth-order valence-electron chi connectivity index (χ4n) is 1.87. The number of halogens is 2. The van der Waals surface area contributed by atoms with Crippen molar-refractivity contribution in [3.05, 3.63) is 29.0 Å². The summed E-state index contributed by atoms with van der Waals surface area (Å²) in [4.78, 5) is 11.9. The fraction of sp³-hybridized carbons (Fsp3) is 0.500. The molecule has 6 heteroatoms. The first-order chi connectivity index (χ1) is 9.47. The van der Waals surface area contributed by atoms with Crippen molar-refractivity contribution < 1.29 is 13.9 Å². The first-order valence-corrected chi connectivity index (χ1v) is 7.00. The number of benzene rings is 1. The molecule has 110 valence electrons. The van der Waals surface area contributed by atoms with Crippen molar-refractivity contribution in [1.82, 2.24) is 5.32 Å². The maximum Gasteiger partial charge on any atom is 0.260 e. The van der Waals surface area contributed by atoms with Crippen molar-refractivity contribution >= 4 is 17.5 Å². The van der Waals surface area contributed by atoms with Crippen LogP contribution < -0.4 is 15.8 Å². The Morgan fingerprint density at radius 1 is 1.60 bits per heavy atom. The van der Waals surface area contributed by atoms with Crippen molar-refractivity contribution in [2.75, 3.05) is 6.54 Å². The highest BCUT2D eigenvalue weighted by molar-refractivity contribution is 6.32. The Bertz CT molecular complexity index is 494. The van der Waals surface area contributed by atoms with Crippen LogP contribution in [0.4, 0.5) is 4.39 Å². The van der Waals surface area contributed by atoms with Crippen molar-refractivity contribution in [3.8, 4) is 5.75 Å². The average molecular weight is 301 g/mol. The van der Waals surface area contributed by atoms with Gasteiger partial charge >= 0.3 is 0 Å². The van der Waals surface area contributed by atoms with Crippen LogP contribution in [-0.4, -0.2) is 24.6 Å². The number of carbonyl (C=O) groups is 1. The minimum absolute atomic E-state index is 0.000518. The number of hydrogen-bond donors (Lipinski definition) is 2. The minimum Gasteiger partial charge on any atom is -0.479 e. The molecule has 1 aromatic carbocycles. The smallest absolute Gasteiger partial charge is 0.260 e.